The molecule has 0 aliphatic rings. The molecular formula is C19H19N9O. The van der Waals surface area contributed by atoms with Crippen LogP contribution < -0.4 is 10.6 Å². The SMILES string of the molecule is Cn1c(CNc2cccc(C(=O)NCc3cnc[nH]3)c2)nnc1-c1ccncn1. The molecule has 0 saturated carbocycles. The van der Waals surface area contributed by atoms with Crippen molar-refractivity contribution in [1.29, 1.82) is 0 Å². The van der Waals surface area contributed by atoms with Gasteiger partial charge in [0.05, 0.1) is 25.1 Å². The topological polar surface area (TPSA) is 126 Å². The van der Waals surface area contributed by atoms with Gasteiger partial charge < -0.3 is 20.2 Å². The van der Waals surface area contributed by atoms with E-state index in [0.29, 0.717) is 30.2 Å². The number of carbonyl (C=O) groups is 1. The second kappa shape index (κ2) is 8.30. The van der Waals surface area contributed by atoms with E-state index in [1.807, 2.05) is 23.7 Å². The maximum Gasteiger partial charge on any atom is 0.251 e. The predicted molar refractivity (Wildman–Crippen MR) is 106 cm³/mol. The lowest BCUT2D eigenvalue weighted by molar-refractivity contribution is 0.0950. The number of aromatic nitrogens is 7. The van der Waals surface area contributed by atoms with Gasteiger partial charge in [0.1, 0.15) is 12.0 Å². The van der Waals surface area contributed by atoms with Crippen molar-refractivity contribution in [2.45, 2.75) is 13.1 Å². The highest BCUT2D eigenvalue weighted by atomic mass is 16.1. The molecule has 0 fully saturated rings. The van der Waals surface area contributed by atoms with Gasteiger partial charge in [0.2, 0.25) is 0 Å². The Morgan fingerprint density at radius 1 is 1.17 bits per heavy atom. The van der Waals surface area contributed by atoms with Crippen LogP contribution in [0.1, 0.15) is 21.9 Å². The van der Waals surface area contributed by atoms with Crippen LogP contribution in [0.2, 0.25) is 0 Å². The molecule has 3 heterocycles. The maximum atomic E-state index is 12.4. The zero-order valence-corrected chi connectivity index (χ0v) is 15.7. The lowest BCUT2D eigenvalue weighted by Crippen LogP contribution is -2.23. The molecule has 3 N–H and O–H groups in total. The van der Waals surface area contributed by atoms with Gasteiger partial charge in [-0.15, -0.1) is 10.2 Å². The minimum absolute atomic E-state index is 0.159. The first kappa shape index (κ1) is 18.3. The van der Waals surface area contributed by atoms with Crippen molar-refractivity contribution in [2.24, 2.45) is 7.05 Å². The fourth-order valence-electron chi connectivity index (χ4n) is 2.77. The Labute approximate surface area is 166 Å². The van der Waals surface area contributed by atoms with Gasteiger partial charge in [-0.3, -0.25) is 4.79 Å². The minimum atomic E-state index is -0.159. The molecule has 0 unspecified atom stereocenters. The highest BCUT2D eigenvalue weighted by Crippen LogP contribution is 2.15. The smallest absolute Gasteiger partial charge is 0.251 e. The lowest BCUT2D eigenvalue weighted by atomic mass is 10.2. The van der Waals surface area contributed by atoms with Crippen LogP contribution in [-0.4, -0.2) is 40.6 Å². The van der Waals surface area contributed by atoms with E-state index in [-0.39, 0.29) is 5.91 Å². The molecule has 0 bridgehead atoms. The van der Waals surface area contributed by atoms with E-state index in [1.165, 1.54) is 6.33 Å². The molecular weight excluding hydrogens is 370 g/mol. The standard InChI is InChI=1S/C19H19N9O/c1-28-17(26-27-18(28)16-5-6-20-11-25-16)10-22-14-4-2-3-13(7-14)19(29)23-9-15-8-21-12-24-15/h2-8,11-12,22H,9-10H2,1H3,(H,21,24)(H,23,29). The van der Waals surface area contributed by atoms with Crippen LogP contribution in [0, 0.1) is 0 Å². The molecule has 0 spiro atoms. The molecule has 0 saturated heterocycles. The summed E-state index contributed by atoms with van der Waals surface area (Å²) >= 11 is 0. The average molecular weight is 389 g/mol. The van der Waals surface area contributed by atoms with Crippen molar-refractivity contribution in [3.8, 4) is 11.5 Å². The lowest BCUT2D eigenvalue weighted by Gasteiger charge is -2.09. The van der Waals surface area contributed by atoms with E-state index >= 15 is 0 Å². The number of benzene rings is 1. The Morgan fingerprint density at radius 3 is 2.90 bits per heavy atom. The number of amides is 1. The highest BCUT2D eigenvalue weighted by Gasteiger charge is 2.12. The van der Waals surface area contributed by atoms with Crippen LogP contribution >= 0.6 is 0 Å². The summed E-state index contributed by atoms with van der Waals surface area (Å²) in [7, 11) is 1.88. The summed E-state index contributed by atoms with van der Waals surface area (Å²) in [6, 6.07) is 9.07. The van der Waals surface area contributed by atoms with Crippen molar-refractivity contribution in [1.82, 2.24) is 40.0 Å². The number of imidazole rings is 1. The van der Waals surface area contributed by atoms with E-state index < -0.39 is 0 Å². The quantitative estimate of drug-likeness (QED) is 0.437. The molecule has 0 radical (unpaired) electrons. The van der Waals surface area contributed by atoms with Crippen molar-refractivity contribution < 1.29 is 4.79 Å². The first-order valence-corrected chi connectivity index (χ1v) is 8.95. The van der Waals surface area contributed by atoms with Gasteiger partial charge in [-0.2, -0.15) is 0 Å². The number of rotatable bonds is 7. The Bertz CT molecular complexity index is 1090. The summed E-state index contributed by atoms with van der Waals surface area (Å²) in [4.78, 5) is 27.4. The monoisotopic (exact) mass is 389 g/mol. The van der Waals surface area contributed by atoms with Crippen molar-refractivity contribution >= 4 is 11.6 Å². The van der Waals surface area contributed by atoms with Gasteiger partial charge in [0, 0.05) is 30.7 Å². The van der Waals surface area contributed by atoms with E-state index in [0.717, 1.165) is 17.2 Å². The van der Waals surface area contributed by atoms with Crippen LogP contribution in [0.15, 0.2) is 55.4 Å². The molecule has 10 nitrogen and oxygen atoms in total. The fraction of sp³-hybridized carbons (Fsp3) is 0.158. The number of anilines is 1. The van der Waals surface area contributed by atoms with Gasteiger partial charge in [0.15, 0.2) is 11.6 Å². The third kappa shape index (κ3) is 4.26. The third-order valence-corrected chi connectivity index (χ3v) is 4.35. The third-order valence-electron chi connectivity index (χ3n) is 4.35. The average Bonchev–Trinajstić information content (AvgIpc) is 3.41. The number of carbonyl (C=O) groups excluding carboxylic acids is 1. The Kier molecular flexibility index (Phi) is 5.23. The number of aromatic amines is 1. The number of hydrogen-bond donors (Lipinski definition) is 3. The van der Waals surface area contributed by atoms with Crippen LogP contribution in [0.5, 0.6) is 0 Å². The molecule has 29 heavy (non-hydrogen) atoms. The van der Waals surface area contributed by atoms with E-state index in [1.54, 1.807) is 36.9 Å². The van der Waals surface area contributed by atoms with Crippen molar-refractivity contribution in [3.05, 3.63) is 72.5 Å². The number of hydrogen-bond acceptors (Lipinski definition) is 7. The molecule has 4 aromatic rings. The Balaban J connectivity index is 1.40. The summed E-state index contributed by atoms with van der Waals surface area (Å²) in [5.41, 5.74) is 2.92. The zero-order valence-electron chi connectivity index (χ0n) is 15.7. The summed E-state index contributed by atoms with van der Waals surface area (Å²) < 4.78 is 1.87. The minimum Gasteiger partial charge on any atom is -0.378 e. The fourth-order valence-corrected chi connectivity index (χ4v) is 2.77. The molecule has 10 heteroatoms. The van der Waals surface area contributed by atoms with Gasteiger partial charge in [-0.05, 0) is 24.3 Å². The second-order valence-electron chi connectivity index (χ2n) is 6.29. The predicted octanol–water partition coefficient (Wildman–Crippen LogP) is 1.54. The summed E-state index contributed by atoms with van der Waals surface area (Å²) in [6.07, 6.45) is 6.40. The number of H-pyrrole nitrogens is 1. The first-order valence-electron chi connectivity index (χ1n) is 8.95. The number of nitrogens with one attached hydrogen (secondary N) is 3. The van der Waals surface area contributed by atoms with E-state index in [9.17, 15) is 4.79 Å². The van der Waals surface area contributed by atoms with Crippen LogP contribution in [0.3, 0.4) is 0 Å². The molecule has 0 aliphatic heterocycles. The molecule has 4 rings (SSSR count). The summed E-state index contributed by atoms with van der Waals surface area (Å²) in [6.45, 7) is 0.842. The van der Waals surface area contributed by atoms with E-state index in [2.05, 4.69) is 40.8 Å². The molecule has 0 aliphatic carbocycles. The van der Waals surface area contributed by atoms with Crippen LogP contribution in [-0.2, 0) is 20.1 Å². The van der Waals surface area contributed by atoms with Crippen molar-refractivity contribution in [3.63, 3.8) is 0 Å². The molecule has 1 amide bonds. The van der Waals surface area contributed by atoms with Gasteiger partial charge >= 0.3 is 0 Å². The zero-order chi connectivity index (χ0) is 20.1. The van der Waals surface area contributed by atoms with Crippen LogP contribution in [0.25, 0.3) is 11.5 Å². The van der Waals surface area contributed by atoms with Gasteiger partial charge in [-0.25, -0.2) is 15.0 Å². The molecule has 1 aromatic carbocycles. The second-order valence-corrected chi connectivity index (χ2v) is 6.29. The first-order chi connectivity index (χ1) is 14.2. The largest absolute Gasteiger partial charge is 0.378 e. The summed E-state index contributed by atoms with van der Waals surface area (Å²) in [5.74, 6) is 1.25. The van der Waals surface area contributed by atoms with Crippen molar-refractivity contribution in [2.75, 3.05) is 5.32 Å². The van der Waals surface area contributed by atoms with Crippen LogP contribution in [0.4, 0.5) is 5.69 Å². The highest BCUT2D eigenvalue weighted by molar-refractivity contribution is 5.95. The van der Waals surface area contributed by atoms with E-state index in [4.69, 9.17) is 0 Å². The van der Waals surface area contributed by atoms with Gasteiger partial charge in [-0.1, -0.05) is 6.07 Å². The Hall–Kier alpha value is -4.08. The molecule has 0 atom stereocenters. The number of nitrogens with zero attached hydrogens (tertiary/aromatic N) is 6. The summed E-state index contributed by atoms with van der Waals surface area (Å²) in [5, 5.41) is 14.6. The maximum absolute atomic E-state index is 12.4. The molecule has 3 aromatic heterocycles. The van der Waals surface area contributed by atoms with Gasteiger partial charge in [0.25, 0.3) is 5.91 Å². The Morgan fingerprint density at radius 2 is 2.10 bits per heavy atom. The molecule has 146 valence electrons. The normalized spacial score (nSPS) is 10.7.